The molecule has 0 aromatic rings. The number of nitrogens with one attached hydrogen (secondary N) is 1. The number of ether oxygens (including phenoxy) is 1. The Bertz CT molecular complexity index is 160. The van der Waals surface area contributed by atoms with Crippen LogP contribution in [0.5, 0.6) is 0 Å². The number of hydrogen-bond acceptors (Lipinski definition) is 2. The zero-order valence-corrected chi connectivity index (χ0v) is 9.30. The summed E-state index contributed by atoms with van der Waals surface area (Å²) >= 11 is 0. The smallest absolute Gasteiger partial charge is 0.0509 e. The molecule has 1 aliphatic carbocycles. The van der Waals surface area contributed by atoms with Gasteiger partial charge in [-0.3, -0.25) is 0 Å². The lowest BCUT2D eigenvalue weighted by Gasteiger charge is -2.29. The van der Waals surface area contributed by atoms with Crippen molar-refractivity contribution in [1.29, 1.82) is 0 Å². The summed E-state index contributed by atoms with van der Waals surface area (Å²) in [5, 5.41) is 3.78. The largest absolute Gasteiger partial charge is 0.381 e. The summed E-state index contributed by atoms with van der Waals surface area (Å²) in [6, 6.07) is 1.44. The van der Waals surface area contributed by atoms with Gasteiger partial charge in [-0.15, -0.1) is 0 Å². The van der Waals surface area contributed by atoms with Gasteiger partial charge in [0.2, 0.25) is 0 Å². The van der Waals surface area contributed by atoms with E-state index in [1.54, 1.807) is 0 Å². The Morgan fingerprint density at radius 1 is 1.14 bits per heavy atom. The van der Waals surface area contributed by atoms with Gasteiger partial charge >= 0.3 is 0 Å². The molecule has 2 atom stereocenters. The summed E-state index contributed by atoms with van der Waals surface area (Å²) in [4.78, 5) is 0. The molecule has 0 spiro atoms. The highest BCUT2D eigenvalue weighted by Crippen LogP contribution is 2.21. The maximum absolute atomic E-state index is 5.43. The summed E-state index contributed by atoms with van der Waals surface area (Å²) in [7, 11) is 0. The Kier molecular flexibility index (Phi) is 3.82. The summed E-state index contributed by atoms with van der Waals surface area (Å²) in [5.74, 6) is 0.761. The first-order valence-electron chi connectivity index (χ1n) is 6.20. The fourth-order valence-electron chi connectivity index (χ4n) is 2.72. The topological polar surface area (TPSA) is 21.3 Å². The second-order valence-electron chi connectivity index (χ2n) is 4.91. The lowest BCUT2D eigenvalue weighted by Crippen LogP contribution is -2.42. The van der Waals surface area contributed by atoms with E-state index in [9.17, 15) is 0 Å². The molecule has 1 saturated heterocycles. The second-order valence-corrected chi connectivity index (χ2v) is 4.91. The van der Waals surface area contributed by atoms with Gasteiger partial charge in [-0.25, -0.2) is 0 Å². The van der Waals surface area contributed by atoms with Crippen molar-refractivity contribution in [2.24, 2.45) is 5.92 Å². The highest BCUT2D eigenvalue weighted by molar-refractivity contribution is 4.81. The highest BCUT2D eigenvalue weighted by Gasteiger charge is 2.24. The molecule has 0 aromatic heterocycles. The number of rotatable bonds is 3. The fraction of sp³-hybridized carbons (Fsp3) is 1.00. The average molecular weight is 197 g/mol. The summed E-state index contributed by atoms with van der Waals surface area (Å²) in [6.45, 7) is 4.27. The van der Waals surface area contributed by atoms with Crippen LogP contribution in [-0.4, -0.2) is 25.3 Å². The Morgan fingerprint density at radius 3 is 2.57 bits per heavy atom. The van der Waals surface area contributed by atoms with E-state index in [1.807, 2.05) is 0 Å². The van der Waals surface area contributed by atoms with Gasteiger partial charge in [-0.05, 0) is 32.1 Å². The molecule has 0 radical (unpaired) electrons. The predicted octanol–water partition coefficient (Wildman–Crippen LogP) is 2.33. The normalized spacial score (nSPS) is 31.9. The summed E-state index contributed by atoms with van der Waals surface area (Å²) in [6.07, 6.45) is 8.31. The summed E-state index contributed by atoms with van der Waals surface area (Å²) < 4.78 is 5.43. The molecule has 2 nitrogen and oxygen atoms in total. The quantitative estimate of drug-likeness (QED) is 0.750. The molecule has 0 amide bonds. The van der Waals surface area contributed by atoms with Crippen LogP contribution in [-0.2, 0) is 4.74 Å². The molecule has 2 unspecified atom stereocenters. The van der Waals surface area contributed by atoms with Crippen molar-refractivity contribution in [2.75, 3.05) is 13.2 Å². The molecule has 82 valence electrons. The maximum Gasteiger partial charge on any atom is 0.0509 e. The minimum absolute atomic E-state index is 0.653. The van der Waals surface area contributed by atoms with E-state index in [0.717, 1.165) is 25.2 Å². The van der Waals surface area contributed by atoms with Gasteiger partial charge in [-0.1, -0.05) is 19.3 Å². The molecule has 1 aliphatic heterocycles. The molecule has 2 aliphatic rings. The third-order valence-electron chi connectivity index (χ3n) is 3.78. The van der Waals surface area contributed by atoms with Crippen LogP contribution in [0.2, 0.25) is 0 Å². The minimum Gasteiger partial charge on any atom is -0.381 e. The van der Waals surface area contributed by atoms with Crippen LogP contribution in [0.4, 0.5) is 0 Å². The molecule has 1 heterocycles. The molecule has 1 saturated carbocycles. The minimum atomic E-state index is 0.653. The highest BCUT2D eigenvalue weighted by atomic mass is 16.5. The van der Waals surface area contributed by atoms with Crippen molar-refractivity contribution in [1.82, 2.24) is 5.32 Å². The van der Waals surface area contributed by atoms with E-state index in [2.05, 4.69) is 12.2 Å². The van der Waals surface area contributed by atoms with Crippen LogP contribution >= 0.6 is 0 Å². The van der Waals surface area contributed by atoms with Crippen LogP contribution in [0.1, 0.15) is 45.4 Å². The lowest BCUT2D eigenvalue weighted by atomic mass is 9.93. The Balaban J connectivity index is 1.72. The Hall–Kier alpha value is -0.0800. The Labute approximate surface area is 87.4 Å². The standard InChI is InChI=1S/C12H23NO/c1-10(11-7-8-14-9-11)13-12-5-3-2-4-6-12/h10-13H,2-9H2,1H3. The van der Waals surface area contributed by atoms with Gasteiger partial charge in [0.15, 0.2) is 0 Å². The van der Waals surface area contributed by atoms with E-state index < -0.39 is 0 Å². The molecule has 2 heteroatoms. The third-order valence-corrected chi connectivity index (χ3v) is 3.78. The molecular weight excluding hydrogens is 174 g/mol. The van der Waals surface area contributed by atoms with Crippen molar-refractivity contribution >= 4 is 0 Å². The third kappa shape index (κ3) is 2.71. The number of hydrogen-bond donors (Lipinski definition) is 1. The van der Waals surface area contributed by atoms with Crippen molar-refractivity contribution in [3.05, 3.63) is 0 Å². The van der Waals surface area contributed by atoms with Gasteiger partial charge < -0.3 is 10.1 Å². The Morgan fingerprint density at radius 2 is 1.93 bits per heavy atom. The molecule has 2 fully saturated rings. The van der Waals surface area contributed by atoms with Gasteiger partial charge in [0, 0.05) is 18.7 Å². The predicted molar refractivity (Wildman–Crippen MR) is 58.4 cm³/mol. The van der Waals surface area contributed by atoms with Crippen LogP contribution in [0.25, 0.3) is 0 Å². The summed E-state index contributed by atoms with van der Waals surface area (Å²) in [5.41, 5.74) is 0. The maximum atomic E-state index is 5.43. The van der Waals surface area contributed by atoms with Gasteiger partial charge in [0.25, 0.3) is 0 Å². The first kappa shape index (κ1) is 10.4. The van der Waals surface area contributed by atoms with E-state index in [4.69, 9.17) is 4.74 Å². The van der Waals surface area contributed by atoms with E-state index in [-0.39, 0.29) is 0 Å². The fourth-order valence-corrected chi connectivity index (χ4v) is 2.72. The first-order valence-corrected chi connectivity index (χ1v) is 6.20. The van der Waals surface area contributed by atoms with Crippen molar-refractivity contribution in [3.8, 4) is 0 Å². The van der Waals surface area contributed by atoms with Crippen LogP contribution in [0, 0.1) is 5.92 Å². The van der Waals surface area contributed by atoms with E-state index in [1.165, 1.54) is 38.5 Å². The van der Waals surface area contributed by atoms with Crippen LogP contribution < -0.4 is 5.32 Å². The molecule has 0 bridgehead atoms. The van der Waals surface area contributed by atoms with Crippen molar-refractivity contribution in [2.45, 2.75) is 57.5 Å². The first-order chi connectivity index (χ1) is 6.86. The van der Waals surface area contributed by atoms with E-state index in [0.29, 0.717) is 6.04 Å². The van der Waals surface area contributed by atoms with Crippen molar-refractivity contribution < 1.29 is 4.74 Å². The zero-order valence-electron chi connectivity index (χ0n) is 9.30. The van der Waals surface area contributed by atoms with Crippen molar-refractivity contribution in [3.63, 3.8) is 0 Å². The van der Waals surface area contributed by atoms with Gasteiger partial charge in [0.1, 0.15) is 0 Å². The van der Waals surface area contributed by atoms with E-state index >= 15 is 0 Å². The second kappa shape index (κ2) is 5.13. The average Bonchev–Trinajstić information content (AvgIpc) is 2.72. The van der Waals surface area contributed by atoms with Crippen LogP contribution in [0.15, 0.2) is 0 Å². The van der Waals surface area contributed by atoms with Gasteiger partial charge in [-0.2, -0.15) is 0 Å². The van der Waals surface area contributed by atoms with Crippen LogP contribution in [0.3, 0.4) is 0 Å². The monoisotopic (exact) mass is 197 g/mol. The molecule has 1 N–H and O–H groups in total. The molecule has 2 rings (SSSR count). The van der Waals surface area contributed by atoms with Gasteiger partial charge in [0.05, 0.1) is 6.61 Å². The molecular formula is C12H23NO. The zero-order chi connectivity index (χ0) is 9.80. The molecule has 0 aromatic carbocycles. The molecule has 14 heavy (non-hydrogen) atoms. The lowest BCUT2D eigenvalue weighted by molar-refractivity contribution is 0.174. The SMILES string of the molecule is CC(NC1CCCCC1)C1CCOC1.